The first-order chi connectivity index (χ1) is 9.83. The van der Waals surface area contributed by atoms with E-state index >= 15 is 0 Å². The van der Waals surface area contributed by atoms with Crippen molar-refractivity contribution in [2.45, 2.75) is 58.3 Å². The van der Waals surface area contributed by atoms with Crippen LogP contribution in [0.1, 0.15) is 58.3 Å². The number of Topliss-reactive ketones (excluding diaryl/α,β-unsaturated/α-hetero) is 1. The molecule has 0 N–H and O–H groups in total. The zero-order chi connectivity index (χ0) is 14.5. The van der Waals surface area contributed by atoms with E-state index in [1.54, 1.807) is 6.92 Å². The Labute approximate surface area is 124 Å². The van der Waals surface area contributed by atoms with Crippen molar-refractivity contribution in [1.82, 2.24) is 4.90 Å². The third kappa shape index (κ3) is 9.12. The zero-order valence-corrected chi connectivity index (χ0v) is 13.0. The van der Waals surface area contributed by atoms with Gasteiger partial charge in [-0.3, -0.25) is 4.79 Å². The largest absolute Gasteiger partial charge is 0.373 e. The van der Waals surface area contributed by atoms with Gasteiger partial charge in [0.25, 0.3) is 0 Å². The maximum atomic E-state index is 11.1. The molecule has 0 aromatic carbocycles. The number of carbonyl (C=O) groups excluding carboxylic acids is 1. The summed E-state index contributed by atoms with van der Waals surface area (Å²) in [7, 11) is 0. The molecule has 0 radical (unpaired) electrons. The minimum Gasteiger partial charge on any atom is -0.373 e. The lowest BCUT2D eigenvalue weighted by molar-refractivity contribution is -0.118. The molecule has 3 nitrogen and oxygen atoms in total. The molecule has 1 saturated heterocycles. The van der Waals surface area contributed by atoms with Crippen molar-refractivity contribution in [2.75, 3.05) is 32.8 Å². The van der Waals surface area contributed by atoms with Gasteiger partial charge in [0.15, 0.2) is 0 Å². The molecular formula is C17H29NO2. The number of hydrogen-bond donors (Lipinski definition) is 0. The van der Waals surface area contributed by atoms with Crippen molar-refractivity contribution < 1.29 is 9.53 Å². The van der Waals surface area contributed by atoms with E-state index in [1.807, 2.05) is 0 Å². The van der Waals surface area contributed by atoms with Crippen molar-refractivity contribution in [3.8, 4) is 11.8 Å². The smallest absolute Gasteiger partial charge is 0.231 e. The van der Waals surface area contributed by atoms with Crippen LogP contribution in [0.2, 0.25) is 0 Å². The van der Waals surface area contributed by atoms with Gasteiger partial charge in [0, 0.05) is 6.61 Å². The minimum absolute atomic E-state index is 0.117. The highest BCUT2D eigenvalue weighted by molar-refractivity contribution is 5.96. The summed E-state index contributed by atoms with van der Waals surface area (Å²) in [6.45, 7) is 6.40. The molecule has 0 saturated carbocycles. The highest BCUT2D eigenvalue weighted by Gasteiger charge is 2.08. The Bertz CT molecular complexity index is 311. The number of hydrogen-bond acceptors (Lipinski definition) is 3. The van der Waals surface area contributed by atoms with E-state index in [0.717, 1.165) is 6.42 Å². The molecule has 0 unspecified atom stereocenters. The van der Waals surface area contributed by atoms with Crippen molar-refractivity contribution in [3.63, 3.8) is 0 Å². The lowest BCUT2D eigenvalue weighted by Gasteiger charge is -2.26. The third-order valence-corrected chi connectivity index (χ3v) is 3.71. The van der Waals surface area contributed by atoms with Crippen LogP contribution in [-0.2, 0) is 9.53 Å². The standard InChI is InChI=1S/C17H29NO2/c1-2-11-17(19)16-20-15-10-5-3-4-7-12-18-13-8-6-9-14-18/h3-10,12-16H2,1H3. The van der Waals surface area contributed by atoms with E-state index in [1.165, 1.54) is 64.6 Å². The average molecular weight is 279 g/mol. The molecule has 0 spiro atoms. The Morgan fingerprint density at radius 3 is 2.50 bits per heavy atom. The molecule has 0 bridgehead atoms. The van der Waals surface area contributed by atoms with Crippen molar-refractivity contribution in [3.05, 3.63) is 0 Å². The number of nitrogens with zero attached hydrogens (tertiary/aromatic N) is 1. The number of likely N-dealkylation sites (tertiary alicyclic amines) is 1. The first-order valence-corrected chi connectivity index (χ1v) is 8.08. The Morgan fingerprint density at radius 2 is 1.75 bits per heavy atom. The Hall–Kier alpha value is -0.850. The van der Waals surface area contributed by atoms with Crippen LogP contribution in [-0.4, -0.2) is 43.5 Å². The second kappa shape index (κ2) is 11.9. The van der Waals surface area contributed by atoms with Crippen LogP contribution >= 0.6 is 0 Å². The molecule has 1 rings (SSSR count). The van der Waals surface area contributed by atoms with Gasteiger partial charge in [0.1, 0.15) is 6.61 Å². The van der Waals surface area contributed by atoms with Gasteiger partial charge in [-0.1, -0.05) is 31.6 Å². The molecule has 0 amide bonds. The van der Waals surface area contributed by atoms with Crippen LogP contribution in [0, 0.1) is 11.8 Å². The van der Waals surface area contributed by atoms with Gasteiger partial charge < -0.3 is 9.64 Å². The van der Waals surface area contributed by atoms with Crippen molar-refractivity contribution in [2.24, 2.45) is 0 Å². The summed E-state index contributed by atoms with van der Waals surface area (Å²) in [5.41, 5.74) is 0. The summed E-state index contributed by atoms with van der Waals surface area (Å²) in [6.07, 6.45) is 10.4. The Morgan fingerprint density at radius 1 is 1.05 bits per heavy atom. The second-order valence-corrected chi connectivity index (χ2v) is 5.52. The zero-order valence-electron chi connectivity index (χ0n) is 13.0. The van der Waals surface area contributed by atoms with Gasteiger partial charge in [-0.05, 0) is 58.2 Å². The fourth-order valence-electron chi connectivity index (χ4n) is 2.59. The van der Waals surface area contributed by atoms with E-state index in [9.17, 15) is 4.79 Å². The quantitative estimate of drug-likeness (QED) is 0.350. The summed E-state index contributed by atoms with van der Waals surface area (Å²) in [5, 5.41) is 0. The molecular weight excluding hydrogens is 250 g/mol. The van der Waals surface area contributed by atoms with E-state index in [0.29, 0.717) is 6.61 Å². The summed E-state index contributed by atoms with van der Waals surface area (Å²) in [4.78, 5) is 13.7. The van der Waals surface area contributed by atoms with E-state index in [2.05, 4.69) is 16.7 Å². The van der Waals surface area contributed by atoms with Crippen LogP contribution in [0.15, 0.2) is 0 Å². The second-order valence-electron chi connectivity index (χ2n) is 5.52. The summed E-state index contributed by atoms with van der Waals surface area (Å²) < 4.78 is 5.29. The lowest BCUT2D eigenvalue weighted by atomic mass is 10.1. The maximum Gasteiger partial charge on any atom is 0.231 e. The molecule has 20 heavy (non-hydrogen) atoms. The molecule has 0 atom stereocenters. The normalized spacial score (nSPS) is 15.7. The lowest BCUT2D eigenvalue weighted by Crippen LogP contribution is -2.30. The molecule has 0 aliphatic carbocycles. The van der Waals surface area contributed by atoms with Gasteiger partial charge in [0.05, 0.1) is 0 Å². The monoisotopic (exact) mass is 279 g/mol. The van der Waals surface area contributed by atoms with Gasteiger partial charge in [0.2, 0.25) is 5.78 Å². The number of ether oxygens (including phenoxy) is 1. The fraction of sp³-hybridized carbons (Fsp3) is 0.824. The van der Waals surface area contributed by atoms with Crippen LogP contribution in [0.4, 0.5) is 0 Å². The van der Waals surface area contributed by atoms with Crippen molar-refractivity contribution in [1.29, 1.82) is 0 Å². The minimum atomic E-state index is -0.117. The van der Waals surface area contributed by atoms with Gasteiger partial charge >= 0.3 is 0 Å². The summed E-state index contributed by atoms with van der Waals surface area (Å²) in [6, 6.07) is 0. The predicted molar refractivity (Wildman–Crippen MR) is 82.7 cm³/mol. The molecule has 0 aromatic heterocycles. The molecule has 114 valence electrons. The SMILES string of the molecule is CC#CC(=O)COCCCCCCCN1CCCCC1. The van der Waals surface area contributed by atoms with Crippen LogP contribution in [0.25, 0.3) is 0 Å². The van der Waals surface area contributed by atoms with E-state index in [-0.39, 0.29) is 12.4 Å². The van der Waals surface area contributed by atoms with Gasteiger partial charge in [-0.25, -0.2) is 0 Å². The first kappa shape index (κ1) is 17.2. The summed E-state index contributed by atoms with van der Waals surface area (Å²) in [5.74, 6) is 4.95. The van der Waals surface area contributed by atoms with Crippen LogP contribution < -0.4 is 0 Å². The third-order valence-electron chi connectivity index (χ3n) is 3.71. The topological polar surface area (TPSA) is 29.5 Å². The molecule has 1 heterocycles. The molecule has 0 aromatic rings. The van der Waals surface area contributed by atoms with Gasteiger partial charge in [-0.2, -0.15) is 0 Å². The number of rotatable bonds is 10. The average Bonchev–Trinajstić information content (AvgIpc) is 2.47. The number of carbonyl (C=O) groups is 1. The Kier molecular flexibility index (Phi) is 10.3. The van der Waals surface area contributed by atoms with Crippen LogP contribution in [0.3, 0.4) is 0 Å². The molecule has 1 aliphatic rings. The predicted octanol–water partition coefficient (Wildman–Crippen LogP) is 3.03. The highest BCUT2D eigenvalue weighted by Crippen LogP contribution is 2.10. The van der Waals surface area contributed by atoms with Crippen LogP contribution in [0.5, 0.6) is 0 Å². The van der Waals surface area contributed by atoms with Gasteiger partial charge in [-0.15, -0.1) is 0 Å². The fourth-order valence-corrected chi connectivity index (χ4v) is 2.59. The van der Waals surface area contributed by atoms with Crippen molar-refractivity contribution >= 4 is 5.78 Å². The Balaban J connectivity index is 1.80. The first-order valence-electron chi connectivity index (χ1n) is 8.08. The van der Waals surface area contributed by atoms with E-state index in [4.69, 9.17) is 4.74 Å². The maximum absolute atomic E-state index is 11.1. The molecule has 3 heteroatoms. The summed E-state index contributed by atoms with van der Waals surface area (Å²) >= 11 is 0. The molecule has 1 fully saturated rings. The van der Waals surface area contributed by atoms with E-state index < -0.39 is 0 Å². The molecule has 1 aliphatic heterocycles. The number of piperidine rings is 1. The highest BCUT2D eigenvalue weighted by atomic mass is 16.5. The number of unbranched alkanes of at least 4 members (excludes halogenated alkanes) is 4. The number of ketones is 1.